The summed E-state index contributed by atoms with van der Waals surface area (Å²) in [6.07, 6.45) is 2.98. The molecule has 2 aromatic carbocycles. The number of hydrogen-bond donors (Lipinski definition) is 0. The molecule has 0 amide bonds. The molecule has 5 rings (SSSR count). The van der Waals surface area contributed by atoms with Gasteiger partial charge in [-0.15, -0.1) is 0 Å². The Bertz CT molecular complexity index is 1280. The van der Waals surface area contributed by atoms with Gasteiger partial charge in [0.25, 0.3) is 0 Å². The molecule has 0 aliphatic heterocycles. The van der Waals surface area contributed by atoms with Crippen LogP contribution in [0.1, 0.15) is 39.6 Å². The van der Waals surface area contributed by atoms with Crippen molar-refractivity contribution < 1.29 is 9.53 Å². The van der Waals surface area contributed by atoms with E-state index in [-0.39, 0.29) is 11.7 Å². The van der Waals surface area contributed by atoms with E-state index in [9.17, 15) is 4.79 Å². The molecule has 0 radical (unpaired) electrons. The number of nitrogens with zero attached hydrogens (tertiary/aromatic N) is 3. The summed E-state index contributed by atoms with van der Waals surface area (Å²) in [5.74, 6) is 0.968. The molecule has 0 N–H and O–H groups in total. The Morgan fingerprint density at radius 3 is 2.67 bits per heavy atom. The van der Waals surface area contributed by atoms with E-state index in [1.807, 2.05) is 61.7 Å². The number of fused-ring (bicyclic) bond motifs is 2. The van der Waals surface area contributed by atoms with Gasteiger partial charge < -0.3 is 4.74 Å². The topological polar surface area (TPSA) is 56.5 Å². The Morgan fingerprint density at radius 1 is 1.13 bits per heavy atom. The monoisotopic (exact) mass is 417 g/mol. The second-order valence-electron chi connectivity index (χ2n) is 7.64. The van der Waals surface area contributed by atoms with Gasteiger partial charge in [0, 0.05) is 23.2 Å². The molecule has 1 aliphatic rings. The summed E-state index contributed by atoms with van der Waals surface area (Å²) < 4.78 is 7.00. The summed E-state index contributed by atoms with van der Waals surface area (Å²) >= 11 is 6.17. The minimum Gasteiger partial charge on any atom is -0.497 e. The van der Waals surface area contributed by atoms with E-state index in [0.29, 0.717) is 23.4 Å². The predicted octanol–water partition coefficient (Wildman–Crippen LogP) is 5.28. The van der Waals surface area contributed by atoms with Gasteiger partial charge in [0.15, 0.2) is 11.4 Å². The number of Topliss-reactive ketones (excluding diaryl/α,β-unsaturated/α-hetero) is 1. The maximum absolute atomic E-state index is 12.9. The highest BCUT2D eigenvalue weighted by Crippen LogP contribution is 2.35. The Balaban J connectivity index is 1.61. The molecule has 0 spiro atoms. The molecule has 0 fully saturated rings. The van der Waals surface area contributed by atoms with Crippen LogP contribution in [0, 0.1) is 6.92 Å². The molecule has 1 aliphatic carbocycles. The molecule has 2 heterocycles. The van der Waals surface area contributed by atoms with Crippen molar-refractivity contribution in [2.75, 3.05) is 7.11 Å². The highest BCUT2D eigenvalue weighted by Gasteiger charge is 2.29. The maximum atomic E-state index is 12.9. The van der Waals surface area contributed by atoms with Crippen LogP contribution >= 0.6 is 11.6 Å². The van der Waals surface area contributed by atoms with E-state index in [1.165, 1.54) is 0 Å². The smallest absolute Gasteiger partial charge is 0.166 e. The molecule has 1 unspecified atom stereocenters. The maximum Gasteiger partial charge on any atom is 0.166 e. The molecule has 0 saturated carbocycles. The Kier molecular flexibility index (Phi) is 4.55. The first kappa shape index (κ1) is 18.8. The molecule has 2 aromatic heterocycles. The third-order valence-corrected chi connectivity index (χ3v) is 5.97. The second-order valence-corrected chi connectivity index (χ2v) is 8.08. The van der Waals surface area contributed by atoms with Gasteiger partial charge in [-0.3, -0.25) is 4.79 Å². The van der Waals surface area contributed by atoms with Crippen LogP contribution in [0.5, 0.6) is 5.75 Å². The molecule has 6 heteroatoms. The zero-order valence-electron chi connectivity index (χ0n) is 16.7. The molecule has 4 aromatic rings. The number of aromatic nitrogens is 3. The van der Waals surface area contributed by atoms with Crippen molar-refractivity contribution in [2.24, 2.45) is 0 Å². The number of methoxy groups -OCH3 is 1. The number of hydrogen-bond acceptors (Lipinski definition) is 4. The molecule has 1 atom stereocenters. The minimum absolute atomic E-state index is 0.0760. The van der Waals surface area contributed by atoms with E-state index in [4.69, 9.17) is 21.3 Å². The first-order chi connectivity index (χ1) is 14.5. The van der Waals surface area contributed by atoms with Gasteiger partial charge in [0.2, 0.25) is 0 Å². The van der Waals surface area contributed by atoms with Crippen LogP contribution < -0.4 is 4.74 Å². The number of ether oxygens (including phenoxy) is 1. The number of carbonyl (C=O) groups excluding carboxylic acids is 1. The number of carbonyl (C=O) groups is 1. The lowest BCUT2D eigenvalue weighted by atomic mass is 9.82. The molecule has 0 saturated heterocycles. The van der Waals surface area contributed by atoms with E-state index < -0.39 is 0 Å². The lowest BCUT2D eigenvalue weighted by Gasteiger charge is -2.23. The Labute approximate surface area is 179 Å². The Hall–Kier alpha value is -3.18. The molecule has 5 nitrogen and oxygen atoms in total. The summed E-state index contributed by atoms with van der Waals surface area (Å²) in [4.78, 5) is 17.8. The van der Waals surface area contributed by atoms with Gasteiger partial charge in [0.05, 0.1) is 24.1 Å². The second kappa shape index (κ2) is 7.26. The van der Waals surface area contributed by atoms with Gasteiger partial charge in [0.1, 0.15) is 5.75 Å². The van der Waals surface area contributed by atoms with Crippen LogP contribution in [-0.2, 0) is 6.42 Å². The van der Waals surface area contributed by atoms with Crippen molar-refractivity contribution in [3.05, 3.63) is 82.3 Å². The summed E-state index contributed by atoms with van der Waals surface area (Å²) in [5, 5.41) is 5.30. The fourth-order valence-electron chi connectivity index (χ4n) is 4.24. The van der Waals surface area contributed by atoms with E-state index in [1.54, 1.807) is 11.6 Å². The van der Waals surface area contributed by atoms with Crippen LogP contribution in [0.15, 0.2) is 54.7 Å². The van der Waals surface area contributed by atoms with Crippen molar-refractivity contribution in [1.82, 2.24) is 14.6 Å². The van der Waals surface area contributed by atoms with Crippen LogP contribution in [0.4, 0.5) is 0 Å². The fourth-order valence-corrected chi connectivity index (χ4v) is 4.44. The normalized spacial score (nSPS) is 16.0. The van der Waals surface area contributed by atoms with Crippen molar-refractivity contribution in [1.29, 1.82) is 0 Å². The molecule has 30 heavy (non-hydrogen) atoms. The van der Waals surface area contributed by atoms with Gasteiger partial charge in [-0.1, -0.05) is 35.9 Å². The fraction of sp³-hybridized carbons (Fsp3) is 0.208. The van der Waals surface area contributed by atoms with Crippen molar-refractivity contribution in [3.63, 3.8) is 0 Å². The number of halogens is 1. The zero-order valence-corrected chi connectivity index (χ0v) is 17.5. The van der Waals surface area contributed by atoms with Crippen LogP contribution in [0.3, 0.4) is 0 Å². The minimum atomic E-state index is 0.0760. The lowest BCUT2D eigenvalue weighted by molar-refractivity contribution is 0.0962. The summed E-state index contributed by atoms with van der Waals surface area (Å²) in [6, 6.07) is 15.6. The highest BCUT2D eigenvalue weighted by atomic mass is 35.5. The quantitative estimate of drug-likeness (QED) is 0.455. The van der Waals surface area contributed by atoms with Crippen molar-refractivity contribution in [3.8, 4) is 16.9 Å². The van der Waals surface area contributed by atoms with Crippen LogP contribution in [-0.4, -0.2) is 27.5 Å². The van der Waals surface area contributed by atoms with Gasteiger partial charge in [-0.2, -0.15) is 5.10 Å². The standard InChI is InChI=1S/C24H20ClN3O2/c1-14-23(15-6-8-19(30-2)9-7-15)24-26-21-11-17(16-4-3-5-18(25)10-16)12-22(29)20(21)13-28(24)27-14/h3-10,13,17H,11-12H2,1-2H3. The number of rotatable bonds is 3. The van der Waals surface area contributed by atoms with Gasteiger partial charge >= 0.3 is 0 Å². The number of ketones is 1. The van der Waals surface area contributed by atoms with Crippen molar-refractivity contribution >= 4 is 23.0 Å². The van der Waals surface area contributed by atoms with Crippen LogP contribution in [0.25, 0.3) is 16.8 Å². The first-order valence-electron chi connectivity index (χ1n) is 9.85. The molecule has 150 valence electrons. The number of aryl methyl sites for hydroxylation is 1. The number of benzene rings is 2. The van der Waals surface area contributed by atoms with Gasteiger partial charge in [-0.05, 0) is 54.7 Å². The molecule has 0 bridgehead atoms. The van der Waals surface area contributed by atoms with Crippen molar-refractivity contribution in [2.45, 2.75) is 25.7 Å². The van der Waals surface area contributed by atoms with E-state index >= 15 is 0 Å². The molecular formula is C24H20ClN3O2. The zero-order chi connectivity index (χ0) is 20.8. The lowest BCUT2D eigenvalue weighted by Crippen LogP contribution is -2.21. The van der Waals surface area contributed by atoms with Gasteiger partial charge in [-0.25, -0.2) is 9.50 Å². The van der Waals surface area contributed by atoms with E-state index in [0.717, 1.165) is 39.5 Å². The Morgan fingerprint density at radius 2 is 1.93 bits per heavy atom. The average molecular weight is 418 g/mol. The first-order valence-corrected chi connectivity index (χ1v) is 10.2. The van der Waals surface area contributed by atoms with E-state index in [2.05, 4.69) is 5.10 Å². The summed E-state index contributed by atoms with van der Waals surface area (Å²) in [6.45, 7) is 1.96. The predicted molar refractivity (Wildman–Crippen MR) is 117 cm³/mol. The highest BCUT2D eigenvalue weighted by molar-refractivity contribution is 6.30. The summed E-state index contributed by atoms with van der Waals surface area (Å²) in [7, 11) is 1.65. The largest absolute Gasteiger partial charge is 0.497 e. The third-order valence-electron chi connectivity index (χ3n) is 5.73. The molecular weight excluding hydrogens is 398 g/mol. The third kappa shape index (κ3) is 3.15. The van der Waals surface area contributed by atoms with Crippen LogP contribution in [0.2, 0.25) is 5.02 Å². The average Bonchev–Trinajstić information content (AvgIpc) is 3.07. The summed E-state index contributed by atoms with van der Waals surface area (Å²) in [5.41, 5.74) is 6.16. The SMILES string of the molecule is COc1ccc(-c2c(C)nn3cc4c(nc23)CC(c2cccc(Cl)c2)CC4=O)cc1.